The van der Waals surface area contributed by atoms with E-state index in [1.165, 1.54) is 29.7 Å². The number of nitrogen functional groups attached to an aromatic ring is 2. The van der Waals surface area contributed by atoms with Crippen molar-refractivity contribution >= 4 is 34.0 Å². The molecule has 0 unspecified atom stereocenters. The van der Waals surface area contributed by atoms with Gasteiger partial charge in [0.05, 0.1) is 16.9 Å². The zero-order valence-corrected chi connectivity index (χ0v) is 14.8. The van der Waals surface area contributed by atoms with E-state index >= 15 is 0 Å². The summed E-state index contributed by atoms with van der Waals surface area (Å²) in [5.74, 6) is 1.08. The SMILES string of the molecule is CCSc1ccc2c(N)c(-c3ccc(N)cc3)n(C3CCC3)c2c1. The summed E-state index contributed by atoms with van der Waals surface area (Å²) in [5.41, 5.74) is 17.7. The predicted molar refractivity (Wildman–Crippen MR) is 105 cm³/mol. The monoisotopic (exact) mass is 337 g/mol. The van der Waals surface area contributed by atoms with Gasteiger partial charge in [-0.3, -0.25) is 0 Å². The van der Waals surface area contributed by atoms with Crippen LogP contribution in [0.4, 0.5) is 11.4 Å². The van der Waals surface area contributed by atoms with Crippen LogP contribution >= 0.6 is 11.8 Å². The molecule has 2 aromatic carbocycles. The molecule has 0 spiro atoms. The Bertz CT molecular complexity index is 876. The van der Waals surface area contributed by atoms with Crippen LogP contribution in [0.1, 0.15) is 32.2 Å². The average molecular weight is 337 g/mol. The first-order chi connectivity index (χ1) is 11.7. The molecule has 1 fully saturated rings. The lowest BCUT2D eigenvalue weighted by atomic mass is 9.92. The summed E-state index contributed by atoms with van der Waals surface area (Å²) in [6.07, 6.45) is 3.77. The molecule has 4 heteroatoms. The number of anilines is 2. The van der Waals surface area contributed by atoms with Gasteiger partial charge in [0.2, 0.25) is 0 Å². The number of hydrogen-bond acceptors (Lipinski definition) is 3. The van der Waals surface area contributed by atoms with Crippen LogP contribution in [0.3, 0.4) is 0 Å². The first-order valence-corrected chi connectivity index (χ1v) is 9.59. The molecular formula is C20H23N3S. The molecule has 24 heavy (non-hydrogen) atoms. The van der Waals surface area contributed by atoms with Crippen molar-refractivity contribution in [2.24, 2.45) is 0 Å². The molecule has 1 aliphatic carbocycles. The number of thioether (sulfide) groups is 1. The van der Waals surface area contributed by atoms with Gasteiger partial charge in [0, 0.05) is 27.6 Å². The fourth-order valence-electron chi connectivity index (χ4n) is 3.53. The Balaban J connectivity index is 1.97. The predicted octanol–water partition coefficient (Wildman–Crippen LogP) is 5.31. The highest BCUT2D eigenvalue weighted by molar-refractivity contribution is 7.99. The Morgan fingerprint density at radius 3 is 2.46 bits per heavy atom. The van der Waals surface area contributed by atoms with Crippen LogP contribution in [0.25, 0.3) is 22.2 Å². The van der Waals surface area contributed by atoms with Crippen molar-refractivity contribution in [2.75, 3.05) is 17.2 Å². The van der Waals surface area contributed by atoms with E-state index in [0.29, 0.717) is 6.04 Å². The van der Waals surface area contributed by atoms with Gasteiger partial charge in [-0.15, -0.1) is 11.8 Å². The van der Waals surface area contributed by atoms with E-state index in [1.54, 1.807) is 0 Å². The van der Waals surface area contributed by atoms with Crippen molar-refractivity contribution in [3.05, 3.63) is 42.5 Å². The summed E-state index contributed by atoms with van der Waals surface area (Å²) in [6, 6.07) is 15.3. The van der Waals surface area contributed by atoms with Crippen LogP contribution in [-0.2, 0) is 0 Å². The fourth-order valence-corrected chi connectivity index (χ4v) is 4.23. The van der Waals surface area contributed by atoms with E-state index in [2.05, 4.69) is 41.8 Å². The second kappa shape index (κ2) is 6.10. The molecule has 0 aliphatic heterocycles. The minimum atomic E-state index is 0.555. The number of nitrogens with two attached hydrogens (primary N) is 2. The molecule has 3 nitrogen and oxygen atoms in total. The largest absolute Gasteiger partial charge is 0.399 e. The van der Waals surface area contributed by atoms with Crippen LogP contribution < -0.4 is 11.5 Å². The van der Waals surface area contributed by atoms with Gasteiger partial charge in [-0.2, -0.15) is 0 Å². The molecule has 0 amide bonds. The van der Waals surface area contributed by atoms with E-state index < -0.39 is 0 Å². The normalized spacial score (nSPS) is 14.9. The van der Waals surface area contributed by atoms with E-state index in [4.69, 9.17) is 11.5 Å². The smallest absolute Gasteiger partial charge is 0.0727 e. The number of nitrogens with zero attached hydrogens (tertiary/aromatic N) is 1. The summed E-state index contributed by atoms with van der Waals surface area (Å²) in [7, 11) is 0. The summed E-state index contributed by atoms with van der Waals surface area (Å²) in [4.78, 5) is 1.31. The van der Waals surface area contributed by atoms with E-state index in [-0.39, 0.29) is 0 Å². The standard InChI is InChI=1S/C20H23N3S/c1-2-24-16-10-11-17-18(12-16)23(15-4-3-5-15)20(19(17)22)13-6-8-14(21)9-7-13/h6-12,15H,2-5,21-22H2,1H3. The molecule has 1 heterocycles. The Morgan fingerprint density at radius 2 is 1.83 bits per heavy atom. The van der Waals surface area contributed by atoms with Gasteiger partial charge in [-0.1, -0.05) is 19.1 Å². The third-order valence-electron chi connectivity index (χ3n) is 4.95. The van der Waals surface area contributed by atoms with Crippen molar-refractivity contribution in [3.63, 3.8) is 0 Å². The van der Waals surface area contributed by atoms with E-state index in [1.807, 2.05) is 23.9 Å². The minimum absolute atomic E-state index is 0.555. The molecule has 4 N–H and O–H groups in total. The molecule has 4 rings (SSSR count). The van der Waals surface area contributed by atoms with Crippen molar-refractivity contribution in [2.45, 2.75) is 37.1 Å². The van der Waals surface area contributed by atoms with Gasteiger partial charge in [0.15, 0.2) is 0 Å². The quantitative estimate of drug-likeness (QED) is 0.501. The van der Waals surface area contributed by atoms with E-state index in [0.717, 1.165) is 33.8 Å². The maximum atomic E-state index is 6.59. The summed E-state index contributed by atoms with van der Waals surface area (Å²) < 4.78 is 2.47. The maximum absolute atomic E-state index is 6.59. The summed E-state index contributed by atoms with van der Waals surface area (Å²) in [6.45, 7) is 2.19. The highest BCUT2D eigenvalue weighted by atomic mass is 32.2. The molecule has 0 radical (unpaired) electrons. The molecule has 0 atom stereocenters. The van der Waals surface area contributed by atoms with Crippen molar-refractivity contribution < 1.29 is 0 Å². The minimum Gasteiger partial charge on any atom is -0.399 e. The zero-order chi connectivity index (χ0) is 16.7. The van der Waals surface area contributed by atoms with Gasteiger partial charge in [0.1, 0.15) is 0 Å². The maximum Gasteiger partial charge on any atom is 0.0727 e. The van der Waals surface area contributed by atoms with Gasteiger partial charge in [-0.25, -0.2) is 0 Å². The van der Waals surface area contributed by atoms with Crippen LogP contribution in [0.15, 0.2) is 47.4 Å². The lowest BCUT2D eigenvalue weighted by molar-refractivity contribution is 0.324. The van der Waals surface area contributed by atoms with Crippen molar-refractivity contribution in [1.82, 2.24) is 4.57 Å². The van der Waals surface area contributed by atoms with Gasteiger partial charge < -0.3 is 16.0 Å². The second-order valence-electron chi connectivity index (χ2n) is 6.45. The summed E-state index contributed by atoms with van der Waals surface area (Å²) in [5, 5.41) is 1.16. The average Bonchev–Trinajstić information content (AvgIpc) is 2.80. The Kier molecular flexibility index (Phi) is 3.93. The number of rotatable bonds is 4. The lowest BCUT2D eigenvalue weighted by Gasteiger charge is -2.30. The second-order valence-corrected chi connectivity index (χ2v) is 7.79. The molecule has 1 saturated carbocycles. The molecule has 3 aromatic rings. The molecule has 0 bridgehead atoms. The molecule has 124 valence electrons. The molecule has 0 saturated heterocycles. The van der Waals surface area contributed by atoms with Gasteiger partial charge in [0.25, 0.3) is 0 Å². The Labute approximate surface area is 147 Å². The fraction of sp³-hybridized carbons (Fsp3) is 0.300. The van der Waals surface area contributed by atoms with E-state index in [9.17, 15) is 0 Å². The topological polar surface area (TPSA) is 57.0 Å². The first kappa shape index (κ1) is 15.5. The zero-order valence-electron chi connectivity index (χ0n) is 14.0. The highest BCUT2D eigenvalue weighted by Gasteiger charge is 2.26. The van der Waals surface area contributed by atoms with Gasteiger partial charge in [-0.05, 0) is 55.3 Å². The highest BCUT2D eigenvalue weighted by Crippen LogP contribution is 2.44. The molecule has 1 aliphatic rings. The number of benzene rings is 2. The van der Waals surface area contributed by atoms with Crippen LogP contribution in [0.2, 0.25) is 0 Å². The van der Waals surface area contributed by atoms with Crippen LogP contribution in [-0.4, -0.2) is 10.3 Å². The van der Waals surface area contributed by atoms with Crippen molar-refractivity contribution in [3.8, 4) is 11.3 Å². The third kappa shape index (κ3) is 2.46. The number of fused-ring (bicyclic) bond motifs is 1. The number of aromatic nitrogens is 1. The Morgan fingerprint density at radius 1 is 1.08 bits per heavy atom. The van der Waals surface area contributed by atoms with Crippen LogP contribution in [0, 0.1) is 0 Å². The number of hydrogen-bond donors (Lipinski definition) is 2. The van der Waals surface area contributed by atoms with Gasteiger partial charge >= 0.3 is 0 Å². The molecule has 1 aromatic heterocycles. The Hall–Kier alpha value is -2.07. The molecular weight excluding hydrogens is 314 g/mol. The lowest BCUT2D eigenvalue weighted by Crippen LogP contribution is -2.17. The van der Waals surface area contributed by atoms with Crippen LogP contribution in [0.5, 0.6) is 0 Å². The first-order valence-electron chi connectivity index (χ1n) is 8.61. The third-order valence-corrected chi connectivity index (χ3v) is 5.83. The van der Waals surface area contributed by atoms with Crippen molar-refractivity contribution in [1.29, 1.82) is 0 Å². The summed E-state index contributed by atoms with van der Waals surface area (Å²) >= 11 is 1.88.